The molecule has 24 heavy (non-hydrogen) atoms. The van der Waals surface area contributed by atoms with Crippen LogP contribution in [0.15, 0.2) is 23.3 Å². The van der Waals surface area contributed by atoms with Crippen LogP contribution in [0.2, 0.25) is 0 Å². The summed E-state index contributed by atoms with van der Waals surface area (Å²) in [4.78, 5) is 22.4. The Morgan fingerprint density at radius 3 is 2.88 bits per heavy atom. The molecule has 2 N–H and O–H groups in total. The summed E-state index contributed by atoms with van der Waals surface area (Å²) in [7, 11) is 3.34. The lowest BCUT2D eigenvalue weighted by atomic mass is 10.2. The molecule has 132 valence electrons. The fraction of sp³-hybridized carbons (Fsp3) is 0.588. The second-order valence-corrected chi connectivity index (χ2v) is 6.20. The highest BCUT2D eigenvalue weighted by molar-refractivity contribution is 5.81. The molecular formula is C17H27N5O2. The zero-order chi connectivity index (χ0) is 17.5. The number of hydrogen-bond acceptors (Lipinski definition) is 4. The van der Waals surface area contributed by atoms with Gasteiger partial charge in [0.15, 0.2) is 5.96 Å². The van der Waals surface area contributed by atoms with Gasteiger partial charge in [-0.1, -0.05) is 19.9 Å². The molecule has 1 unspecified atom stereocenters. The van der Waals surface area contributed by atoms with Gasteiger partial charge in [-0.05, 0) is 12.0 Å². The van der Waals surface area contributed by atoms with Gasteiger partial charge in [0.2, 0.25) is 11.8 Å². The molecule has 1 aromatic rings. The SMILES string of the molecule is CN=C(NCc1ccc(OC)nc1)NC1CCN(C(=O)C(C)C)C1. The van der Waals surface area contributed by atoms with Gasteiger partial charge >= 0.3 is 0 Å². The lowest BCUT2D eigenvalue weighted by molar-refractivity contribution is -0.133. The molecule has 0 spiro atoms. The minimum atomic E-state index is 0.0451. The second-order valence-electron chi connectivity index (χ2n) is 6.20. The van der Waals surface area contributed by atoms with Crippen molar-refractivity contribution in [3.05, 3.63) is 23.9 Å². The molecule has 0 aromatic carbocycles. The van der Waals surface area contributed by atoms with Crippen molar-refractivity contribution in [2.24, 2.45) is 10.9 Å². The molecule has 0 radical (unpaired) electrons. The van der Waals surface area contributed by atoms with Gasteiger partial charge in [0.25, 0.3) is 0 Å². The topological polar surface area (TPSA) is 78.9 Å². The molecule has 0 saturated carbocycles. The van der Waals surface area contributed by atoms with Crippen molar-refractivity contribution in [3.8, 4) is 5.88 Å². The third kappa shape index (κ3) is 4.84. The van der Waals surface area contributed by atoms with E-state index >= 15 is 0 Å². The third-order valence-electron chi connectivity index (χ3n) is 4.02. The predicted octanol–water partition coefficient (Wildman–Crippen LogP) is 1.01. The number of nitrogens with one attached hydrogen (secondary N) is 2. The molecule has 0 aliphatic carbocycles. The number of carbonyl (C=O) groups is 1. The number of guanidine groups is 1. The van der Waals surface area contributed by atoms with E-state index in [4.69, 9.17) is 4.74 Å². The Morgan fingerprint density at radius 2 is 2.29 bits per heavy atom. The average Bonchev–Trinajstić information content (AvgIpc) is 3.06. The Balaban J connectivity index is 1.81. The van der Waals surface area contributed by atoms with Crippen LogP contribution in [0.25, 0.3) is 0 Å². The van der Waals surface area contributed by atoms with Crippen LogP contribution in [0.4, 0.5) is 0 Å². The number of carbonyl (C=O) groups excluding carboxylic acids is 1. The number of amides is 1. The number of aliphatic imine (C=N–C) groups is 1. The van der Waals surface area contributed by atoms with Crippen molar-refractivity contribution in [3.63, 3.8) is 0 Å². The van der Waals surface area contributed by atoms with E-state index in [-0.39, 0.29) is 17.9 Å². The Kier molecular flexibility index (Phi) is 6.40. The van der Waals surface area contributed by atoms with Gasteiger partial charge in [-0.25, -0.2) is 4.98 Å². The molecule has 1 atom stereocenters. The van der Waals surface area contributed by atoms with Crippen molar-refractivity contribution in [1.29, 1.82) is 0 Å². The molecule has 1 aliphatic heterocycles. The fourth-order valence-corrected chi connectivity index (χ4v) is 2.65. The van der Waals surface area contributed by atoms with Gasteiger partial charge in [0.1, 0.15) is 0 Å². The second kappa shape index (κ2) is 8.52. The number of hydrogen-bond donors (Lipinski definition) is 2. The summed E-state index contributed by atoms with van der Waals surface area (Å²) < 4.78 is 5.05. The van der Waals surface area contributed by atoms with E-state index < -0.39 is 0 Å². The van der Waals surface area contributed by atoms with E-state index in [1.807, 2.05) is 30.9 Å². The summed E-state index contributed by atoms with van der Waals surface area (Å²) in [6, 6.07) is 4.03. The number of likely N-dealkylation sites (tertiary alicyclic amines) is 1. The standard InChI is InChI=1S/C17H27N5O2/c1-12(2)16(23)22-8-7-14(11-22)21-17(18-3)20-10-13-5-6-15(24-4)19-9-13/h5-6,9,12,14H,7-8,10-11H2,1-4H3,(H2,18,20,21). The van der Waals surface area contributed by atoms with Crippen LogP contribution >= 0.6 is 0 Å². The molecule has 7 heteroatoms. The molecule has 1 amide bonds. The van der Waals surface area contributed by atoms with Crippen molar-refractivity contribution in [2.75, 3.05) is 27.2 Å². The third-order valence-corrected chi connectivity index (χ3v) is 4.02. The maximum absolute atomic E-state index is 12.0. The molecule has 0 bridgehead atoms. The highest BCUT2D eigenvalue weighted by Crippen LogP contribution is 2.12. The van der Waals surface area contributed by atoms with E-state index in [2.05, 4.69) is 20.6 Å². The zero-order valence-electron chi connectivity index (χ0n) is 14.9. The summed E-state index contributed by atoms with van der Waals surface area (Å²) in [5.41, 5.74) is 1.04. The molecule has 2 rings (SSSR count). The van der Waals surface area contributed by atoms with Crippen LogP contribution in [0.5, 0.6) is 5.88 Å². The monoisotopic (exact) mass is 333 g/mol. The molecule has 1 saturated heterocycles. The molecule has 1 aliphatic rings. The lowest BCUT2D eigenvalue weighted by Gasteiger charge is -2.20. The van der Waals surface area contributed by atoms with E-state index in [0.717, 1.165) is 31.0 Å². The van der Waals surface area contributed by atoms with Crippen LogP contribution in [-0.4, -0.2) is 55.0 Å². The fourth-order valence-electron chi connectivity index (χ4n) is 2.65. The Labute approximate surface area is 143 Å². The molecule has 1 fully saturated rings. The Hall–Kier alpha value is -2.31. The summed E-state index contributed by atoms with van der Waals surface area (Å²) in [5, 5.41) is 6.65. The minimum Gasteiger partial charge on any atom is -0.481 e. The summed E-state index contributed by atoms with van der Waals surface area (Å²) in [5.74, 6) is 1.59. The van der Waals surface area contributed by atoms with Crippen LogP contribution in [0, 0.1) is 5.92 Å². The van der Waals surface area contributed by atoms with Crippen LogP contribution in [0.3, 0.4) is 0 Å². The zero-order valence-corrected chi connectivity index (χ0v) is 14.9. The summed E-state index contributed by atoms with van der Waals surface area (Å²) in [6.07, 6.45) is 2.71. The van der Waals surface area contributed by atoms with Crippen molar-refractivity contribution in [1.82, 2.24) is 20.5 Å². The summed E-state index contributed by atoms with van der Waals surface area (Å²) in [6.45, 7) is 6.02. The van der Waals surface area contributed by atoms with Gasteiger partial charge in [0.05, 0.1) is 7.11 Å². The largest absolute Gasteiger partial charge is 0.481 e. The quantitative estimate of drug-likeness (QED) is 0.621. The minimum absolute atomic E-state index is 0.0451. The van der Waals surface area contributed by atoms with Crippen LogP contribution < -0.4 is 15.4 Å². The van der Waals surface area contributed by atoms with Gasteiger partial charge in [-0.15, -0.1) is 0 Å². The first-order chi connectivity index (χ1) is 11.5. The first-order valence-electron chi connectivity index (χ1n) is 8.28. The number of rotatable bonds is 5. The first kappa shape index (κ1) is 18.0. The Bertz CT molecular complexity index is 571. The predicted molar refractivity (Wildman–Crippen MR) is 93.9 cm³/mol. The van der Waals surface area contributed by atoms with Crippen molar-refractivity contribution in [2.45, 2.75) is 32.9 Å². The smallest absolute Gasteiger partial charge is 0.225 e. The number of aromatic nitrogens is 1. The molecular weight excluding hydrogens is 306 g/mol. The molecule has 7 nitrogen and oxygen atoms in total. The highest BCUT2D eigenvalue weighted by Gasteiger charge is 2.27. The van der Waals surface area contributed by atoms with Crippen LogP contribution in [-0.2, 0) is 11.3 Å². The molecule has 2 heterocycles. The highest BCUT2D eigenvalue weighted by atomic mass is 16.5. The van der Waals surface area contributed by atoms with Crippen LogP contribution in [0.1, 0.15) is 25.8 Å². The maximum Gasteiger partial charge on any atom is 0.225 e. The van der Waals surface area contributed by atoms with Gasteiger partial charge in [-0.3, -0.25) is 9.79 Å². The van der Waals surface area contributed by atoms with E-state index in [1.165, 1.54) is 0 Å². The molecule has 1 aromatic heterocycles. The summed E-state index contributed by atoms with van der Waals surface area (Å²) >= 11 is 0. The Morgan fingerprint density at radius 1 is 1.50 bits per heavy atom. The van der Waals surface area contributed by atoms with Gasteiger partial charge in [0, 0.05) is 50.9 Å². The van der Waals surface area contributed by atoms with Gasteiger partial charge < -0.3 is 20.3 Å². The maximum atomic E-state index is 12.0. The number of ether oxygens (including phenoxy) is 1. The van der Waals surface area contributed by atoms with E-state index in [9.17, 15) is 4.79 Å². The van der Waals surface area contributed by atoms with Gasteiger partial charge in [-0.2, -0.15) is 0 Å². The van der Waals surface area contributed by atoms with Crippen molar-refractivity contribution < 1.29 is 9.53 Å². The lowest BCUT2D eigenvalue weighted by Crippen LogP contribution is -2.45. The normalized spacial score (nSPS) is 18.0. The number of pyridine rings is 1. The number of nitrogens with zero attached hydrogens (tertiary/aromatic N) is 3. The average molecular weight is 333 g/mol. The first-order valence-corrected chi connectivity index (χ1v) is 8.28. The van der Waals surface area contributed by atoms with Crippen molar-refractivity contribution >= 4 is 11.9 Å². The van der Waals surface area contributed by atoms with E-state index in [0.29, 0.717) is 12.4 Å². The number of methoxy groups -OCH3 is 1. The van der Waals surface area contributed by atoms with E-state index in [1.54, 1.807) is 20.4 Å².